The van der Waals surface area contributed by atoms with E-state index in [-0.39, 0.29) is 6.10 Å². The highest BCUT2D eigenvalue weighted by Gasteiger charge is 2.17. The van der Waals surface area contributed by atoms with E-state index in [1.54, 1.807) is 0 Å². The molecular formula is C23H38N4O2. The van der Waals surface area contributed by atoms with Crippen molar-refractivity contribution >= 4 is 5.96 Å². The summed E-state index contributed by atoms with van der Waals surface area (Å²) in [6.07, 6.45) is 5.14. The van der Waals surface area contributed by atoms with Crippen molar-refractivity contribution in [1.82, 2.24) is 15.5 Å². The molecule has 3 rings (SSSR count). The smallest absolute Gasteiger partial charge is 0.191 e. The third-order valence-electron chi connectivity index (χ3n) is 5.73. The monoisotopic (exact) mass is 402 g/mol. The zero-order chi connectivity index (χ0) is 20.5. The van der Waals surface area contributed by atoms with Crippen molar-refractivity contribution < 1.29 is 9.47 Å². The van der Waals surface area contributed by atoms with Gasteiger partial charge in [-0.25, -0.2) is 0 Å². The van der Waals surface area contributed by atoms with Crippen LogP contribution in [0, 0.1) is 12.8 Å². The van der Waals surface area contributed by atoms with E-state index in [0.29, 0.717) is 19.1 Å². The van der Waals surface area contributed by atoms with Gasteiger partial charge in [0, 0.05) is 38.9 Å². The predicted molar refractivity (Wildman–Crippen MR) is 119 cm³/mol. The normalized spacial score (nSPS) is 21.3. The maximum absolute atomic E-state index is 6.11. The van der Waals surface area contributed by atoms with Crippen LogP contribution in [-0.4, -0.2) is 63.4 Å². The van der Waals surface area contributed by atoms with Gasteiger partial charge in [0.05, 0.1) is 6.10 Å². The Balaban J connectivity index is 1.46. The zero-order valence-electron chi connectivity index (χ0n) is 18.4. The number of ether oxygens (including phenoxy) is 2. The number of rotatable bonds is 9. The van der Waals surface area contributed by atoms with Gasteiger partial charge in [-0.3, -0.25) is 4.99 Å². The number of nitrogens with zero attached hydrogens (tertiary/aromatic N) is 2. The number of aliphatic imine (C=N–C) groups is 1. The molecule has 2 atom stereocenters. The molecule has 0 amide bonds. The highest BCUT2D eigenvalue weighted by Crippen LogP contribution is 2.22. The van der Waals surface area contributed by atoms with Gasteiger partial charge < -0.3 is 25.0 Å². The van der Waals surface area contributed by atoms with Crippen LogP contribution in [-0.2, 0) is 11.3 Å². The Morgan fingerprint density at radius 1 is 1.28 bits per heavy atom. The molecular weight excluding hydrogens is 364 g/mol. The predicted octanol–water partition coefficient (Wildman–Crippen LogP) is 2.95. The van der Waals surface area contributed by atoms with Crippen LogP contribution >= 0.6 is 0 Å². The first-order valence-electron chi connectivity index (χ1n) is 11.1. The van der Waals surface area contributed by atoms with Crippen molar-refractivity contribution in [2.75, 3.05) is 46.4 Å². The summed E-state index contributed by atoms with van der Waals surface area (Å²) < 4.78 is 11.8. The molecule has 29 heavy (non-hydrogen) atoms. The molecule has 162 valence electrons. The SMILES string of the molecule is CN=C(NCc1ccc(C)cc1OCC1CCCO1)NCC(C)CN1CCCC1. The number of nitrogens with one attached hydrogen (secondary N) is 2. The van der Waals surface area contributed by atoms with E-state index >= 15 is 0 Å². The second-order valence-electron chi connectivity index (χ2n) is 8.48. The fourth-order valence-electron chi connectivity index (χ4n) is 4.04. The third-order valence-corrected chi connectivity index (χ3v) is 5.73. The molecule has 1 aromatic carbocycles. The minimum Gasteiger partial charge on any atom is -0.491 e. The molecule has 2 aliphatic rings. The Labute approximate surface area is 176 Å². The average Bonchev–Trinajstić information content (AvgIpc) is 3.41. The summed E-state index contributed by atoms with van der Waals surface area (Å²) in [5.74, 6) is 2.37. The molecule has 1 aromatic rings. The van der Waals surface area contributed by atoms with Crippen molar-refractivity contribution in [3.63, 3.8) is 0 Å². The first-order valence-corrected chi connectivity index (χ1v) is 11.1. The Morgan fingerprint density at radius 2 is 2.10 bits per heavy atom. The molecule has 0 radical (unpaired) electrons. The molecule has 0 spiro atoms. The molecule has 2 heterocycles. The van der Waals surface area contributed by atoms with Gasteiger partial charge in [0.25, 0.3) is 0 Å². The van der Waals surface area contributed by atoms with Crippen molar-refractivity contribution in [2.24, 2.45) is 10.9 Å². The molecule has 2 N–H and O–H groups in total. The molecule has 6 heteroatoms. The van der Waals surface area contributed by atoms with Crippen molar-refractivity contribution in [3.05, 3.63) is 29.3 Å². The lowest BCUT2D eigenvalue weighted by Crippen LogP contribution is -2.41. The first-order chi connectivity index (χ1) is 14.1. The van der Waals surface area contributed by atoms with Crippen molar-refractivity contribution in [2.45, 2.75) is 52.2 Å². The number of guanidine groups is 1. The van der Waals surface area contributed by atoms with Gasteiger partial charge in [-0.2, -0.15) is 0 Å². The molecule has 0 saturated carbocycles. The summed E-state index contributed by atoms with van der Waals surface area (Å²) in [4.78, 5) is 6.95. The summed E-state index contributed by atoms with van der Waals surface area (Å²) >= 11 is 0. The molecule has 6 nitrogen and oxygen atoms in total. The lowest BCUT2D eigenvalue weighted by atomic mass is 10.1. The van der Waals surface area contributed by atoms with Crippen LogP contribution in [0.25, 0.3) is 0 Å². The summed E-state index contributed by atoms with van der Waals surface area (Å²) in [7, 11) is 1.82. The molecule has 2 unspecified atom stereocenters. The Morgan fingerprint density at radius 3 is 2.83 bits per heavy atom. The van der Waals surface area contributed by atoms with Crippen LogP contribution in [0.2, 0.25) is 0 Å². The van der Waals surface area contributed by atoms with Gasteiger partial charge in [0.2, 0.25) is 0 Å². The molecule has 0 aromatic heterocycles. The summed E-state index contributed by atoms with van der Waals surface area (Å²) in [6, 6.07) is 6.38. The second-order valence-corrected chi connectivity index (χ2v) is 8.48. The molecule has 2 saturated heterocycles. The third kappa shape index (κ3) is 7.19. The molecule has 0 bridgehead atoms. The Bertz CT molecular complexity index is 652. The van der Waals surface area contributed by atoms with Crippen molar-refractivity contribution in [3.8, 4) is 5.75 Å². The summed E-state index contributed by atoms with van der Waals surface area (Å²) in [6.45, 7) is 11.1. The minimum atomic E-state index is 0.225. The Kier molecular flexibility index (Phi) is 8.62. The number of likely N-dealkylation sites (tertiary alicyclic amines) is 1. The summed E-state index contributed by atoms with van der Waals surface area (Å²) in [5.41, 5.74) is 2.34. The lowest BCUT2D eigenvalue weighted by Gasteiger charge is -2.22. The van der Waals surface area contributed by atoms with Gasteiger partial charge in [0.15, 0.2) is 5.96 Å². The number of benzene rings is 1. The van der Waals surface area contributed by atoms with Gasteiger partial charge in [0.1, 0.15) is 12.4 Å². The standard InChI is InChI=1S/C23H38N4O2/c1-18-8-9-20(22(13-18)29-17-21-7-6-12-28-21)15-26-23(24-3)25-14-19(2)16-27-10-4-5-11-27/h8-9,13,19,21H,4-7,10-12,14-17H2,1-3H3,(H2,24,25,26). The number of aryl methyl sites for hydroxylation is 1. The maximum Gasteiger partial charge on any atom is 0.191 e. The topological polar surface area (TPSA) is 58.1 Å². The van der Waals surface area contributed by atoms with Crippen LogP contribution in [0.1, 0.15) is 43.7 Å². The van der Waals surface area contributed by atoms with Gasteiger partial charge in [-0.15, -0.1) is 0 Å². The summed E-state index contributed by atoms with van der Waals surface area (Å²) in [5, 5.41) is 6.91. The fourth-order valence-corrected chi connectivity index (χ4v) is 4.04. The van der Waals surface area contributed by atoms with Crippen LogP contribution in [0.15, 0.2) is 23.2 Å². The van der Waals surface area contributed by atoms with Crippen LogP contribution < -0.4 is 15.4 Å². The van der Waals surface area contributed by atoms with Crippen LogP contribution in [0.4, 0.5) is 0 Å². The molecule has 0 aliphatic carbocycles. The van der Waals surface area contributed by atoms with E-state index < -0.39 is 0 Å². The van der Waals surface area contributed by atoms with Gasteiger partial charge in [-0.05, 0) is 63.2 Å². The van der Waals surface area contributed by atoms with E-state index in [0.717, 1.165) is 49.8 Å². The largest absolute Gasteiger partial charge is 0.491 e. The van der Waals surface area contributed by atoms with Crippen LogP contribution in [0.5, 0.6) is 5.75 Å². The lowest BCUT2D eigenvalue weighted by molar-refractivity contribution is 0.0676. The van der Waals surface area contributed by atoms with E-state index in [9.17, 15) is 0 Å². The van der Waals surface area contributed by atoms with E-state index in [1.165, 1.54) is 31.5 Å². The highest BCUT2D eigenvalue weighted by atomic mass is 16.5. The van der Waals surface area contributed by atoms with E-state index in [4.69, 9.17) is 9.47 Å². The quantitative estimate of drug-likeness (QED) is 0.491. The maximum atomic E-state index is 6.11. The van der Waals surface area contributed by atoms with Gasteiger partial charge in [-0.1, -0.05) is 19.1 Å². The highest BCUT2D eigenvalue weighted by molar-refractivity contribution is 5.79. The van der Waals surface area contributed by atoms with E-state index in [1.807, 2.05) is 7.05 Å². The minimum absolute atomic E-state index is 0.225. The number of hydrogen-bond donors (Lipinski definition) is 2. The number of hydrogen-bond acceptors (Lipinski definition) is 4. The van der Waals surface area contributed by atoms with E-state index in [2.05, 4.69) is 52.6 Å². The van der Waals surface area contributed by atoms with Gasteiger partial charge >= 0.3 is 0 Å². The average molecular weight is 403 g/mol. The zero-order valence-corrected chi connectivity index (χ0v) is 18.4. The molecule has 2 aliphatic heterocycles. The molecule has 2 fully saturated rings. The fraction of sp³-hybridized carbons (Fsp3) is 0.696. The van der Waals surface area contributed by atoms with Crippen LogP contribution in [0.3, 0.4) is 0 Å². The van der Waals surface area contributed by atoms with Crippen molar-refractivity contribution in [1.29, 1.82) is 0 Å². The Hall–Kier alpha value is -1.79. The second kappa shape index (κ2) is 11.4. The first kappa shape index (κ1) is 21.9.